The largest absolute Gasteiger partial charge is 0.327 e. The molecule has 1 fully saturated rings. The number of hydrogen-bond donors (Lipinski definition) is 0. The van der Waals surface area contributed by atoms with Gasteiger partial charge in [0.05, 0.1) is 11.4 Å². The number of piperidine rings is 1. The highest BCUT2D eigenvalue weighted by atomic mass is 19.1. The van der Waals surface area contributed by atoms with Gasteiger partial charge in [0.1, 0.15) is 11.6 Å². The second kappa shape index (κ2) is 11.4. The van der Waals surface area contributed by atoms with Gasteiger partial charge in [0.25, 0.3) is 0 Å². The highest BCUT2D eigenvalue weighted by Crippen LogP contribution is 2.38. The van der Waals surface area contributed by atoms with Crippen molar-refractivity contribution in [2.75, 3.05) is 6.54 Å². The maximum Gasteiger partial charge on any atom is 0.141 e. The van der Waals surface area contributed by atoms with E-state index in [9.17, 15) is 0 Å². The van der Waals surface area contributed by atoms with Gasteiger partial charge in [-0.1, -0.05) is 80.9 Å². The van der Waals surface area contributed by atoms with E-state index < -0.39 is 0 Å². The van der Waals surface area contributed by atoms with Crippen LogP contribution in [0, 0.1) is 5.82 Å². The highest BCUT2D eigenvalue weighted by molar-refractivity contribution is 5.72. The summed E-state index contributed by atoms with van der Waals surface area (Å²) in [6.07, 6.45) is 5.44. The minimum absolute atomic E-state index is 0.214. The van der Waals surface area contributed by atoms with E-state index in [4.69, 9.17) is 4.98 Å². The second-order valence-corrected chi connectivity index (χ2v) is 10.0. The zero-order valence-electron chi connectivity index (χ0n) is 22.4. The zero-order valence-corrected chi connectivity index (χ0v) is 22.4. The quantitative estimate of drug-likeness (QED) is 0.245. The van der Waals surface area contributed by atoms with Gasteiger partial charge in [0, 0.05) is 30.3 Å². The summed E-state index contributed by atoms with van der Waals surface area (Å²) in [4.78, 5) is 7.85. The first-order chi connectivity index (χ1) is 18.2. The Balaban J connectivity index is 1.69. The molecule has 1 aliphatic rings. The fraction of sp³-hybridized carbons (Fsp3) is 0.364. The third kappa shape index (κ3) is 5.00. The van der Waals surface area contributed by atoms with Crippen molar-refractivity contribution in [1.29, 1.82) is 0 Å². The molecule has 0 spiro atoms. The predicted molar refractivity (Wildman–Crippen MR) is 151 cm³/mol. The molecule has 1 unspecified atom stereocenters. The minimum atomic E-state index is -0.214. The van der Waals surface area contributed by atoms with Gasteiger partial charge < -0.3 is 4.57 Å². The summed E-state index contributed by atoms with van der Waals surface area (Å²) in [5.41, 5.74) is 7.65. The van der Waals surface area contributed by atoms with Crippen molar-refractivity contribution in [3.8, 4) is 22.6 Å². The molecule has 192 valence electrons. The van der Waals surface area contributed by atoms with Gasteiger partial charge in [0.2, 0.25) is 0 Å². The lowest BCUT2D eigenvalue weighted by molar-refractivity contribution is 0.137. The van der Waals surface area contributed by atoms with Gasteiger partial charge in [0.15, 0.2) is 0 Å². The van der Waals surface area contributed by atoms with Gasteiger partial charge in [-0.2, -0.15) is 0 Å². The predicted octanol–water partition coefficient (Wildman–Crippen LogP) is 8.23. The number of rotatable bonds is 8. The number of hydrogen-bond acceptors (Lipinski definition) is 2. The second-order valence-electron chi connectivity index (χ2n) is 10.0. The van der Waals surface area contributed by atoms with Crippen molar-refractivity contribution < 1.29 is 4.39 Å². The minimum Gasteiger partial charge on any atom is -0.327 e. The maximum absolute atomic E-state index is 15.3. The van der Waals surface area contributed by atoms with Crippen molar-refractivity contribution in [2.24, 2.45) is 0 Å². The Morgan fingerprint density at radius 1 is 0.838 bits per heavy atom. The lowest BCUT2D eigenvalue weighted by Crippen LogP contribution is -2.33. The molecule has 37 heavy (non-hydrogen) atoms. The van der Waals surface area contributed by atoms with Gasteiger partial charge in [-0.25, -0.2) is 9.37 Å². The highest BCUT2D eigenvalue weighted by Gasteiger charge is 2.29. The van der Waals surface area contributed by atoms with E-state index in [0.29, 0.717) is 11.6 Å². The first kappa shape index (κ1) is 25.4. The van der Waals surface area contributed by atoms with Crippen LogP contribution < -0.4 is 0 Å². The van der Waals surface area contributed by atoms with Crippen LogP contribution >= 0.6 is 0 Å². The van der Waals surface area contributed by atoms with E-state index in [2.05, 4.69) is 78.8 Å². The average molecular weight is 496 g/mol. The molecule has 4 aromatic rings. The Labute approximate surface area is 221 Å². The van der Waals surface area contributed by atoms with Crippen LogP contribution in [0.1, 0.15) is 68.5 Å². The summed E-state index contributed by atoms with van der Waals surface area (Å²) in [6, 6.07) is 24.9. The number of halogens is 1. The summed E-state index contributed by atoms with van der Waals surface area (Å²) >= 11 is 0. The summed E-state index contributed by atoms with van der Waals surface area (Å²) in [5.74, 6) is 0.757. The Bertz CT molecular complexity index is 1320. The summed E-state index contributed by atoms with van der Waals surface area (Å²) in [7, 11) is 0. The lowest BCUT2D eigenvalue weighted by atomic mass is 9.95. The van der Waals surface area contributed by atoms with Crippen LogP contribution in [-0.4, -0.2) is 21.0 Å². The Kier molecular flexibility index (Phi) is 7.85. The lowest BCUT2D eigenvalue weighted by Gasteiger charge is -2.36. The van der Waals surface area contributed by atoms with Crippen LogP contribution in [0.15, 0.2) is 72.8 Å². The number of nitrogens with zero attached hydrogens (tertiary/aromatic N) is 3. The standard InChI is InChI=1S/C33H38FN3/c1-4-24-17-14-18-25(5-2)31(24)33-35-32(27-19-10-11-20-28(27)34)30(37(33)6-3)23-36-22-13-12-21-29(36)26-15-8-7-9-16-26/h7-11,14-20,29H,4-6,12-13,21-23H2,1-3H3. The maximum atomic E-state index is 15.3. The third-order valence-corrected chi connectivity index (χ3v) is 7.89. The molecule has 1 saturated heterocycles. The molecule has 5 rings (SSSR count). The molecule has 0 radical (unpaired) electrons. The molecule has 3 aromatic carbocycles. The fourth-order valence-electron chi connectivity index (χ4n) is 6.00. The Morgan fingerprint density at radius 2 is 1.54 bits per heavy atom. The van der Waals surface area contributed by atoms with Gasteiger partial charge in [-0.05, 0) is 68.0 Å². The molecule has 2 heterocycles. The topological polar surface area (TPSA) is 21.1 Å². The van der Waals surface area contributed by atoms with Crippen LogP contribution in [0.3, 0.4) is 0 Å². The van der Waals surface area contributed by atoms with Crippen molar-refractivity contribution in [3.05, 3.63) is 101 Å². The molecular formula is C33H38FN3. The number of aromatic nitrogens is 2. The van der Waals surface area contributed by atoms with Crippen molar-refractivity contribution in [1.82, 2.24) is 14.5 Å². The van der Waals surface area contributed by atoms with Crippen molar-refractivity contribution in [2.45, 2.75) is 72.0 Å². The molecule has 1 aromatic heterocycles. The molecule has 0 bridgehead atoms. The van der Waals surface area contributed by atoms with Crippen molar-refractivity contribution >= 4 is 0 Å². The average Bonchev–Trinajstić information content (AvgIpc) is 3.30. The monoisotopic (exact) mass is 495 g/mol. The molecule has 4 heteroatoms. The van der Waals surface area contributed by atoms with Gasteiger partial charge >= 0.3 is 0 Å². The molecule has 0 aliphatic carbocycles. The first-order valence-electron chi connectivity index (χ1n) is 13.9. The molecule has 0 N–H and O–H groups in total. The number of likely N-dealkylation sites (tertiary alicyclic amines) is 1. The van der Waals surface area contributed by atoms with Crippen LogP contribution in [0.25, 0.3) is 22.6 Å². The van der Waals surface area contributed by atoms with E-state index in [1.54, 1.807) is 12.1 Å². The van der Waals surface area contributed by atoms with Gasteiger partial charge in [-0.15, -0.1) is 0 Å². The number of aryl methyl sites for hydroxylation is 2. The molecule has 1 atom stereocenters. The normalized spacial score (nSPS) is 16.3. The smallest absolute Gasteiger partial charge is 0.141 e. The molecule has 3 nitrogen and oxygen atoms in total. The molecule has 0 saturated carbocycles. The number of imidazole rings is 1. The summed E-state index contributed by atoms with van der Waals surface area (Å²) in [6.45, 7) is 9.16. The zero-order chi connectivity index (χ0) is 25.8. The molecular weight excluding hydrogens is 457 g/mol. The summed E-state index contributed by atoms with van der Waals surface area (Å²) in [5, 5.41) is 0. The van der Waals surface area contributed by atoms with Crippen LogP contribution in [0.4, 0.5) is 4.39 Å². The van der Waals surface area contributed by atoms with E-state index in [1.807, 2.05) is 12.1 Å². The van der Waals surface area contributed by atoms with Crippen LogP contribution in [0.5, 0.6) is 0 Å². The molecule has 0 amide bonds. The summed E-state index contributed by atoms with van der Waals surface area (Å²) < 4.78 is 17.6. The van der Waals surface area contributed by atoms with E-state index in [-0.39, 0.29) is 5.82 Å². The van der Waals surface area contributed by atoms with E-state index in [1.165, 1.54) is 35.1 Å². The SMILES string of the molecule is CCc1cccc(CC)c1-c1nc(-c2ccccc2F)c(CN2CCCCC2c2ccccc2)n1CC. The number of benzene rings is 3. The van der Waals surface area contributed by atoms with E-state index >= 15 is 4.39 Å². The molecule has 1 aliphatic heterocycles. The third-order valence-electron chi connectivity index (χ3n) is 7.89. The van der Waals surface area contributed by atoms with Crippen LogP contribution in [0.2, 0.25) is 0 Å². The Morgan fingerprint density at radius 3 is 2.22 bits per heavy atom. The van der Waals surface area contributed by atoms with Crippen LogP contribution in [-0.2, 0) is 25.9 Å². The van der Waals surface area contributed by atoms with Crippen molar-refractivity contribution in [3.63, 3.8) is 0 Å². The van der Waals surface area contributed by atoms with E-state index in [0.717, 1.165) is 56.1 Å². The fourth-order valence-corrected chi connectivity index (χ4v) is 6.00. The first-order valence-corrected chi connectivity index (χ1v) is 13.9. The van der Waals surface area contributed by atoms with Gasteiger partial charge in [-0.3, -0.25) is 4.90 Å². The Hall–Kier alpha value is -3.24.